The first-order valence-corrected chi connectivity index (χ1v) is 5.56. The minimum Gasteiger partial charge on any atom is -0.297 e. The van der Waals surface area contributed by atoms with Gasteiger partial charge in [0.15, 0.2) is 0 Å². The molecule has 1 saturated heterocycles. The number of nitrogens with zero attached hydrogens (tertiary/aromatic N) is 2. The summed E-state index contributed by atoms with van der Waals surface area (Å²) in [7, 11) is 0. The van der Waals surface area contributed by atoms with Crippen molar-refractivity contribution in [3.8, 4) is 0 Å². The molecule has 1 aliphatic heterocycles. The largest absolute Gasteiger partial charge is 0.297 e. The van der Waals surface area contributed by atoms with Crippen molar-refractivity contribution in [1.29, 1.82) is 0 Å². The zero-order valence-corrected chi connectivity index (χ0v) is 8.82. The normalized spacial score (nSPS) is 23.6. The molecule has 0 spiro atoms. The van der Waals surface area contributed by atoms with E-state index in [1.54, 1.807) is 0 Å². The molecule has 0 unspecified atom stereocenters. The zero-order valence-electron chi connectivity index (χ0n) is 8.82. The standard InChI is InChI=1S/C12H18N2/c1-2-14-9-4-3-7-12(14)11-6-5-8-13-10-11/h5-6,8,10,12H,2-4,7,9H2,1H3/t12-/m0/s1. The number of hydrogen-bond donors (Lipinski definition) is 0. The van der Waals surface area contributed by atoms with Crippen LogP contribution in [-0.4, -0.2) is 23.0 Å². The van der Waals surface area contributed by atoms with Crippen molar-refractivity contribution in [1.82, 2.24) is 9.88 Å². The lowest BCUT2D eigenvalue weighted by molar-refractivity contribution is 0.157. The summed E-state index contributed by atoms with van der Waals surface area (Å²) in [5.74, 6) is 0. The second-order valence-electron chi connectivity index (χ2n) is 3.93. The average Bonchev–Trinajstić information content (AvgIpc) is 2.30. The highest BCUT2D eigenvalue weighted by atomic mass is 15.2. The van der Waals surface area contributed by atoms with Crippen LogP contribution >= 0.6 is 0 Å². The second kappa shape index (κ2) is 4.56. The Morgan fingerprint density at radius 2 is 2.43 bits per heavy atom. The Morgan fingerprint density at radius 3 is 3.14 bits per heavy atom. The highest BCUT2D eigenvalue weighted by molar-refractivity contribution is 5.14. The van der Waals surface area contributed by atoms with Gasteiger partial charge in [-0.15, -0.1) is 0 Å². The topological polar surface area (TPSA) is 16.1 Å². The van der Waals surface area contributed by atoms with Gasteiger partial charge in [-0.1, -0.05) is 19.4 Å². The highest BCUT2D eigenvalue weighted by Crippen LogP contribution is 2.29. The van der Waals surface area contributed by atoms with Crippen LogP contribution in [-0.2, 0) is 0 Å². The Balaban J connectivity index is 2.15. The summed E-state index contributed by atoms with van der Waals surface area (Å²) in [5.41, 5.74) is 1.38. The molecule has 0 amide bonds. The van der Waals surface area contributed by atoms with Crippen LogP contribution in [0.5, 0.6) is 0 Å². The highest BCUT2D eigenvalue weighted by Gasteiger charge is 2.22. The molecule has 0 bridgehead atoms. The van der Waals surface area contributed by atoms with Crippen molar-refractivity contribution < 1.29 is 0 Å². The molecule has 2 heterocycles. The zero-order chi connectivity index (χ0) is 9.80. The van der Waals surface area contributed by atoms with E-state index in [2.05, 4.69) is 22.9 Å². The first-order valence-electron chi connectivity index (χ1n) is 5.56. The van der Waals surface area contributed by atoms with Gasteiger partial charge in [-0.2, -0.15) is 0 Å². The van der Waals surface area contributed by atoms with Crippen LogP contribution in [0.3, 0.4) is 0 Å². The fraction of sp³-hybridized carbons (Fsp3) is 0.583. The van der Waals surface area contributed by atoms with Crippen LogP contribution in [0, 0.1) is 0 Å². The van der Waals surface area contributed by atoms with Gasteiger partial charge in [-0.3, -0.25) is 9.88 Å². The molecule has 0 radical (unpaired) electrons. The average molecular weight is 190 g/mol. The van der Waals surface area contributed by atoms with Crippen molar-refractivity contribution in [2.24, 2.45) is 0 Å². The molecule has 2 rings (SSSR count). The third-order valence-corrected chi connectivity index (χ3v) is 3.09. The van der Waals surface area contributed by atoms with Crippen molar-refractivity contribution in [3.63, 3.8) is 0 Å². The van der Waals surface area contributed by atoms with E-state index in [4.69, 9.17) is 0 Å². The lowest BCUT2D eigenvalue weighted by Gasteiger charge is -2.34. The number of hydrogen-bond acceptors (Lipinski definition) is 2. The van der Waals surface area contributed by atoms with Crippen LogP contribution in [0.1, 0.15) is 37.8 Å². The first kappa shape index (κ1) is 9.66. The summed E-state index contributed by atoms with van der Waals surface area (Å²) in [4.78, 5) is 6.76. The molecule has 1 aromatic rings. The van der Waals surface area contributed by atoms with Crippen molar-refractivity contribution in [2.45, 2.75) is 32.2 Å². The van der Waals surface area contributed by atoms with Crippen molar-refractivity contribution >= 4 is 0 Å². The summed E-state index contributed by atoms with van der Waals surface area (Å²) in [6.07, 6.45) is 7.86. The number of likely N-dealkylation sites (tertiary alicyclic amines) is 1. The monoisotopic (exact) mass is 190 g/mol. The maximum atomic E-state index is 4.20. The predicted molar refractivity (Wildman–Crippen MR) is 58.1 cm³/mol. The molecule has 2 nitrogen and oxygen atoms in total. The minimum atomic E-state index is 0.613. The van der Waals surface area contributed by atoms with Gasteiger partial charge < -0.3 is 0 Å². The summed E-state index contributed by atoms with van der Waals surface area (Å²) in [6.45, 7) is 4.64. The van der Waals surface area contributed by atoms with E-state index in [1.807, 2.05) is 18.5 Å². The lowest BCUT2D eigenvalue weighted by Crippen LogP contribution is -2.33. The molecule has 0 aliphatic carbocycles. The van der Waals surface area contributed by atoms with Gasteiger partial charge in [0.1, 0.15) is 0 Å². The van der Waals surface area contributed by atoms with Gasteiger partial charge in [0, 0.05) is 18.4 Å². The van der Waals surface area contributed by atoms with Gasteiger partial charge in [0.2, 0.25) is 0 Å². The quantitative estimate of drug-likeness (QED) is 0.712. The van der Waals surface area contributed by atoms with Gasteiger partial charge >= 0.3 is 0 Å². The fourth-order valence-corrected chi connectivity index (χ4v) is 2.32. The van der Waals surface area contributed by atoms with Gasteiger partial charge in [0.05, 0.1) is 0 Å². The molecule has 1 aromatic heterocycles. The second-order valence-corrected chi connectivity index (χ2v) is 3.93. The van der Waals surface area contributed by atoms with Crippen LogP contribution in [0.15, 0.2) is 24.5 Å². The smallest absolute Gasteiger partial charge is 0.0363 e. The van der Waals surface area contributed by atoms with E-state index < -0.39 is 0 Å². The van der Waals surface area contributed by atoms with E-state index in [0.29, 0.717) is 6.04 Å². The summed E-state index contributed by atoms with van der Waals surface area (Å²) < 4.78 is 0. The van der Waals surface area contributed by atoms with Crippen LogP contribution < -0.4 is 0 Å². The summed E-state index contributed by atoms with van der Waals surface area (Å²) in [6, 6.07) is 4.85. The number of aromatic nitrogens is 1. The van der Waals surface area contributed by atoms with Gasteiger partial charge in [-0.05, 0) is 37.6 Å². The molecular formula is C12H18N2. The Labute approximate surface area is 86.0 Å². The molecule has 2 heteroatoms. The molecule has 1 fully saturated rings. The Morgan fingerprint density at radius 1 is 1.50 bits per heavy atom. The molecule has 76 valence electrons. The minimum absolute atomic E-state index is 0.613. The number of pyridine rings is 1. The van der Waals surface area contributed by atoms with E-state index in [0.717, 1.165) is 6.54 Å². The van der Waals surface area contributed by atoms with E-state index in [1.165, 1.54) is 31.4 Å². The van der Waals surface area contributed by atoms with Gasteiger partial charge in [-0.25, -0.2) is 0 Å². The lowest BCUT2D eigenvalue weighted by atomic mass is 9.96. The molecule has 1 atom stereocenters. The summed E-state index contributed by atoms with van der Waals surface area (Å²) in [5, 5.41) is 0. The molecule has 0 saturated carbocycles. The molecule has 0 aromatic carbocycles. The molecule has 0 N–H and O–H groups in total. The Hall–Kier alpha value is -0.890. The van der Waals surface area contributed by atoms with Crippen molar-refractivity contribution in [3.05, 3.63) is 30.1 Å². The van der Waals surface area contributed by atoms with Crippen LogP contribution in [0.25, 0.3) is 0 Å². The first-order chi connectivity index (χ1) is 6.92. The van der Waals surface area contributed by atoms with Crippen molar-refractivity contribution in [2.75, 3.05) is 13.1 Å². The third kappa shape index (κ3) is 1.95. The maximum Gasteiger partial charge on any atom is 0.0363 e. The third-order valence-electron chi connectivity index (χ3n) is 3.09. The Bertz CT molecular complexity index is 271. The predicted octanol–water partition coefficient (Wildman–Crippen LogP) is 2.63. The van der Waals surface area contributed by atoms with E-state index in [-0.39, 0.29) is 0 Å². The Kier molecular flexibility index (Phi) is 3.14. The van der Waals surface area contributed by atoms with Crippen LogP contribution in [0.4, 0.5) is 0 Å². The molecular weight excluding hydrogens is 172 g/mol. The number of rotatable bonds is 2. The van der Waals surface area contributed by atoms with Crippen LogP contribution in [0.2, 0.25) is 0 Å². The maximum absolute atomic E-state index is 4.20. The fourth-order valence-electron chi connectivity index (χ4n) is 2.32. The van der Waals surface area contributed by atoms with E-state index >= 15 is 0 Å². The summed E-state index contributed by atoms with van der Waals surface area (Å²) >= 11 is 0. The van der Waals surface area contributed by atoms with E-state index in [9.17, 15) is 0 Å². The molecule has 14 heavy (non-hydrogen) atoms. The number of piperidine rings is 1. The van der Waals surface area contributed by atoms with Gasteiger partial charge in [0.25, 0.3) is 0 Å². The SMILES string of the molecule is CCN1CCCC[C@H]1c1cccnc1. The molecule has 1 aliphatic rings.